The van der Waals surface area contributed by atoms with E-state index in [-0.39, 0.29) is 23.8 Å². The predicted molar refractivity (Wildman–Crippen MR) is 149 cm³/mol. The number of carbonyl (C=O) groups excluding carboxylic acids is 3. The molecule has 7 heteroatoms. The molecule has 0 heterocycles. The van der Waals surface area contributed by atoms with Crippen molar-refractivity contribution in [3.05, 3.63) is 71.3 Å². The standard InChI is InChI=1S/C31H43N3O4/c1-7-22(3)26(33-30(37)38-31(4,5)6)29(36)34(25-14-11-15-25)27(24-18-16-21(2)17-19-24)28(35)32-20-23-12-9-8-10-13-23/h8-10,12-13,16-19,22,25-27H,7,11,14-15,20H2,1-6H3,(H,32,35)(H,33,37). The normalized spacial score (nSPS) is 15.9. The minimum Gasteiger partial charge on any atom is -0.444 e. The molecule has 1 aliphatic carbocycles. The molecule has 0 radical (unpaired) electrons. The number of aryl methyl sites for hydroxylation is 1. The molecule has 3 atom stereocenters. The minimum atomic E-state index is -0.816. The van der Waals surface area contributed by atoms with Gasteiger partial charge < -0.3 is 20.3 Å². The highest BCUT2D eigenvalue weighted by Crippen LogP contribution is 2.34. The summed E-state index contributed by atoms with van der Waals surface area (Å²) in [4.78, 5) is 42.6. The van der Waals surface area contributed by atoms with Crippen molar-refractivity contribution in [2.24, 2.45) is 5.92 Å². The van der Waals surface area contributed by atoms with Crippen molar-refractivity contribution < 1.29 is 19.1 Å². The van der Waals surface area contributed by atoms with Crippen LogP contribution in [0.5, 0.6) is 0 Å². The summed E-state index contributed by atoms with van der Waals surface area (Å²) < 4.78 is 5.49. The second-order valence-corrected chi connectivity index (χ2v) is 11.4. The Hall–Kier alpha value is -3.35. The summed E-state index contributed by atoms with van der Waals surface area (Å²) in [6, 6.07) is 15.8. The Labute approximate surface area is 227 Å². The smallest absolute Gasteiger partial charge is 0.408 e. The van der Waals surface area contributed by atoms with E-state index in [4.69, 9.17) is 4.74 Å². The van der Waals surface area contributed by atoms with Crippen LogP contribution in [0.15, 0.2) is 54.6 Å². The zero-order valence-electron chi connectivity index (χ0n) is 23.6. The highest BCUT2D eigenvalue weighted by atomic mass is 16.6. The van der Waals surface area contributed by atoms with Gasteiger partial charge in [-0.3, -0.25) is 9.59 Å². The van der Waals surface area contributed by atoms with Gasteiger partial charge in [-0.15, -0.1) is 0 Å². The Kier molecular flexibility index (Phi) is 9.95. The quantitative estimate of drug-likeness (QED) is 0.422. The van der Waals surface area contributed by atoms with Crippen LogP contribution in [0.25, 0.3) is 0 Å². The third-order valence-corrected chi connectivity index (χ3v) is 7.10. The summed E-state index contributed by atoms with van der Waals surface area (Å²) >= 11 is 0. The van der Waals surface area contributed by atoms with E-state index in [1.165, 1.54) is 0 Å². The first-order valence-corrected chi connectivity index (χ1v) is 13.7. The van der Waals surface area contributed by atoms with Gasteiger partial charge in [0.25, 0.3) is 0 Å². The van der Waals surface area contributed by atoms with Crippen molar-refractivity contribution in [1.29, 1.82) is 0 Å². The van der Waals surface area contributed by atoms with Crippen LogP contribution in [0.3, 0.4) is 0 Å². The molecule has 0 spiro atoms. The number of nitrogens with zero attached hydrogens (tertiary/aromatic N) is 1. The van der Waals surface area contributed by atoms with E-state index < -0.39 is 23.8 Å². The molecule has 0 aromatic heterocycles. The summed E-state index contributed by atoms with van der Waals surface area (Å²) in [5.74, 6) is -0.642. The van der Waals surface area contributed by atoms with Crippen LogP contribution in [0, 0.1) is 12.8 Å². The Bertz CT molecular complexity index is 1070. The van der Waals surface area contributed by atoms with Crippen molar-refractivity contribution in [1.82, 2.24) is 15.5 Å². The first-order chi connectivity index (χ1) is 18.0. The summed E-state index contributed by atoms with van der Waals surface area (Å²) in [5, 5.41) is 5.90. The number of hydrogen-bond donors (Lipinski definition) is 2. The number of alkyl carbamates (subject to hydrolysis) is 1. The number of hydrogen-bond acceptors (Lipinski definition) is 4. The topological polar surface area (TPSA) is 87.7 Å². The van der Waals surface area contributed by atoms with E-state index in [1.54, 1.807) is 25.7 Å². The molecule has 206 valence electrons. The van der Waals surface area contributed by atoms with E-state index in [0.29, 0.717) is 13.0 Å². The van der Waals surface area contributed by atoms with Gasteiger partial charge in [-0.1, -0.05) is 80.4 Å². The van der Waals surface area contributed by atoms with Crippen molar-refractivity contribution in [3.8, 4) is 0 Å². The van der Waals surface area contributed by atoms with Gasteiger partial charge in [0.2, 0.25) is 11.8 Å². The Morgan fingerprint density at radius 1 is 1.03 bits per heavy atom. The molecule has 1 fully saturated rings. The molecule has 2 N–H and O–H groups in total. The third kappa shape index (κ3) is 7.83. The third-order valence-electron chi connectivity index (χ3n) is 7.10. The van der Waals surface area contributed by atoms with Gasteiger partial charge >= 0.3 is 6.09 Å². The summed E-state index contributed by atoms with van der Waals surface area (Å²) in [7, 11) is 0. The van der Waals surface area contributed by atoms with Crippen molar-refractivity contribution >= 4 is 17.9 Å². The molecular weight excluding hydrogens is 478 g/mol. The lowest BCUT2D eigenvalue weighted by Crippen LogP contribution is -2.59. The van der Waals surface area contributed by atoms with Crippen LogP contribution in [-0.2, 0) is 20.9 Å². The molecule has 2 aromatic carbocycles. The first kappa shape index (κ1) is 29.2. The number of nitrogens with one attached hydrogen (secondary N) is 2. The molecule has 7 nitrogen and oxygen atoms in total. The summed E-state index contributed by atoms with van der Waals surface area (Å²) in [5.41, 5.74) is 2.11. The molecule has 1 aliphatic rings. The fraction of sp³-hybridized carbons (Fsp3) is 0.516. The fourth-order valence-corrected chi connectivity index (χ4v) is 4.53. The largest absolute Gasteiger partial charge is 0.444 e. The van der Waals surface area contributed by atoms with Crippen LogP contribution >= 0.6 is 0 Å². The molecule has 2 aromatic rings. The Morgan fingerprint density at radius 3 is 2.18 bits per heavy atom. The monoisotopic (exact) mass is 521 g/mol. The second-order valence-electron chi connectivity index (χ2n) is 11.4. The van der Waals surface area contributed by atoms with Crippen LogP contribution < -0.4 is 10.6 Å². The van der Waals surface area contributed by atoms with Gasteiger partial charge in [0.05, 0.1) is 0 Å². The Morgan fingerprint density at radius 2 is 1.66 bits per heavy atom. The van der Waals surface area contributed by atoms with Gasteiger partial charge in [-0.25, -0.2) is 4.79 Å². The number of benzene rings is 2. The Balaban J connectivity index is 1.97. The molecule has 0 aliphatic heterocycles. The van der Waals surface area contributed by atoms with E-state index >= 15 is 0 Å². The highest BCUT2D eigenvalue weighted by Gasteiger charge is 2.43. The van der Waals surface area contributed by atoms with E-state index in [9.17, 15) is 14.4 Å². The summed E-state index contributed by atoms with van der Waals surface area (Å²) in [6.45, 7) is 11.6. The molecule has 0 bridgehead atoms. The van der Waals surface area contributed by atoms with E-state index in [0.717, 1.165) is 36.0 Å². The first-order valence-electron chi connectivity index (χ1n) is 13.7. The highest BCUT2D eigenvalue weighted by molar-refractivity contribution is 5.92. The fourth-order valence-electron chi connectivity index (χ4n) is 4.53. The lowest BCUT2D eigenvalue weighted by atomic mass is 9.86. The molecule has 1 saturated carbocycles. The molecule has 38 heavy (non-hydrogen) atoms. The average Bonchev–Trinajstić information content (AvgIpc) is 2.84. The minimum absolute atomic E-state index is 0.0803. The van der Waals surface area contributed by atoms with Crippen LogP contribution in [-0.4, -0.2) is 40.5 Å². The van der Waals surface area contributed by atoms with Crippen molar-refractivity contribution in [3.63, 3.8) is 0 Å². The summed E-state index contributed by atoms with van der Waals surface area (Å²) in [6.07, 6.45) is 2.68. The van der Waals surface area contributed by atoms with Crippen molar-refractivity contribution in [2.45, 2.75) is 97.5 Å². The van der Waals surface area contributed by atoms with Gasteiger partial charge in [0.1, 0.15) is 17.7 Å². The number of rotatable bonds is 10. The molecular formula is C31H43N3O4. The van der Waals surface area contributed by atoms with Crippen LogP contribution in [0.1, 0.15) is 83.0 Å². The maximum Gasteiger partial charge on any atom is 0.408 e. The van der Waals surface area contributed by atoms with Crippen molar-refractivity contribution in [2.75, 3.05) is 0 Å². The second kappa shape index (κ2) is 12.9. The zero-order valence-corrected chi connectivity index (χ0v) is 23.6. The molecule has 0 saturated heterocycles. The molecule has 3 amide bonds. The SMILES string of the molecule is CCC(C)C(NC(=O)OC(C)(C)C)C(=O)N(C1CCC1)C(C(=O)NCc1ccccc1)c1ccc(C)cc1. The van der Waals surface area contributed by atoms with E-state index in [1.807, 2.05) is 75.4 Å². The van der Waals surface area contributed by atoms with Crippen LogP contribution in [0.4, 0.5) is 4.79 Å². The molecule has 3 rings (SSSR count). The molecule has 3 unspecified atom stereocenters. The number of ether oxygens (including phenoxy) is 1. The van der Waals surface area contributed by atoms with Crippen LogP contribution in [0.2, 0.25) is 0 Å². The average molecular weight is 522 g/mol. The lowest BCUT2D eigenvalue weighted by Gasteiger charge is -2.44. The number of amides is 3. The van der Waals surface area contributed by atoms with Gasteiger partial charge in [0, 0.05) is 12.6 Å². The number of carbonyl (C=O) groups is 3. The van der Waals surface area contributed by atoms with Gasteiger partial charge in [-0.2, -0.15) is 0 Å². The zero-order chi connectivity index (χ0) is 27.9. The maximum absolute atomic E-state index is 14.3. The van der Waals surface area contributed by atoms with Gasteiger partial charge in [0.15, 0.2) is 0 Å². The lowest BCUT2D eigenvalue weighted by molar-refractivity contribution is -0.148. The van der Waals surface area contributed by atoms with Gasteiger partial charge in [-0.05, 0) is 64.0 Å². The van der Waals surface area contributed by atoms with E-state index in [2.05, 4.69) is 10.6 Å². The maximum atomic E-state index is 14.3. The predicted octanol–water partition coefficient (Wildman–Crippen LogP) is 5.67.